The number of pyridine rings is 1. The molecule has 26 heavy (non-hydrogen) atoms. The standard InChI is InChI=1S/C18H24F3N3O2/c1-17(2,3)24(16(25)26)14-6-4-11-9-23(10-13(11)14)15-7-5-12(8-22-15)18(19,20)21/h5,7-8,11,13-14H,4,6,9-10H2,1-3H3,(H,25,26)/t11-,13+,14+/m1/s1. The molecule has 1 aliphatic carbocycles. The molecule has 3 atom stereocenters. The van der Waals surface area contributed by atoms with E-state index in [0.717, 1.165) is 25.1 Å². The van der Waals surface area contributed by atoms with Crippen LogP contribution in [-0.4, -0.2) is 45.8 Å². The van der Waals surface area contributed by atoms with Crippen LogP contribution in [0, 0.1) is 11.8 Å². The van der Waals surface area contributed by atoms with Gasteiger partial charge < -0.3 is 14.9 Å². The van der Waals surface area contributed by atoms with Gasteiger partial charge in [0.15, 0.2) is 0 Å². The average molecular weight is 371 g/mol. The van der Waals surface area contributed by atoms with Gasteiger partial charge in [-0.3, -0.25) is 0 Å². The van der Waals surface area contributed by atoms with Crippen molar-refractivity contribution in [2.45, 2.75) is 51.4 Å². The highest BCUT2D eigenvalue weighted by molar-refractivity contribution is 5.66. The summed E-state index contributed by atoms with van der Waals surface area (Å²) in [4.78, 5) is 19.3. The molecule has 1 saturated heterocycles. The Bertz CT molecular complexity index is 670. The van der Waals surface area contributed by atoms with E-state index in [1.165, 1.54) is 6.07 Å². The third-order valence-electron chi connectivity index (χ3n) is 5.48. The van der Waals surface area contributed by atoms with Crippen LogP contribution in [0.3, 0.4) is 0 Å². The molecule has 1 aromatic heterocycles. The van der Waals surface area contributed by atoms with Crippen LogP contribution in [0.5, 0.6) is 0 Å². The molecule has 2 fully saturated rings. The number of aromatic nitrogens is 1. The SMILES string of the molecule is CC(C)(C)N(C(=O)O)[C@H]1CC[C@@H]2CN(c3ccc(C(F)(F)F)cn3)C[C@@H]21. The van der Waals surface area contributed by atoms with E-state index in [-0.39, 0.29) is 12.0 Å². The van der Waals surface area contributed by atoms with Crippen molar-refractivity contribution >= 4 is 11.9 Å². The maximum absolute atomic E-state index is 12.7. The first kappa shape index (κ1) is 18.8. The lowest BCUT2D eigenvalue weighted by Crippen LogP contribution is -2.53. The lowest BCUT2D eigenvalue weighted by Gasteiger charge is -2.40. The molecule has 0 unspecified atom stereocenters. The Kier molecular flexibility index (Phi) is 4.56. The Morgan fingerprint density at radius 2 is 1.92 bits per heavy atom. The Morgan fingerprint density at radius 1 is 1.23 bits per heavy atom. The predicted molar refractivity (Wildman–Crippen MR) is 91.1 cm³/mol. The van der Waals surface area contributed by atoms with E-state index in [1.54, 1.807) is 4.90 Å². The molecule has 0 spiro atoms. The summed E-state index contributed by atoms with van der Waals surface area (Å²) in [5, 5.41) is 9.67. The summed E-state index contributed by atoms with van der Waals surface area (Å²) in [6.07, 6.45) is -2.71. The zero-order valence-electron chi connectivity index (χ0n) is 15.1. The summed E-state index contributed by atoms with van der Waals surface area (Å²) in [6, 6.07) is 2.38. The van der Waals surface area contributed by atoms with Gasteiger partial charge in [-0.2, -0.15) is 13.2 Å². The van der Waals surface area contributed by atoms with Gasteiger partial charge in [0.25, 0.3) is 0 Å². The molecule has 1 saturated carbocycles. The third-order valence-corrected chi connectivity index (χ3v) is 5.48. The van der Waals surface area contributed by atoms with Crippen LogP contribution in [0.4, 0.5) is 23.8 Å². The molecule has 144 valence electrons. The predicted octanol–water partition coefficient (Wildman–Crippen LogP) is 4.09. The third kappa shape index (κ3) is 3.46. The van der Waals surface area contributed by atoms with E-state index in [0.29, 0.717) is 24.8 Å². The van der Waals surface area contributed by atoms with Crippen LogP contribution >= 0.6 is 0 Å². The fourth-order valence-electron chi connectivity index (χ4n) is 4.41. The van der Waals surface area contributed by atoms with Gasteiger partial charge in [0.05, 0.1) is 5.56 Å². The Morgan fingerprint density at radius 3 is 2.42 bits per heavy atom. The number of rotatable bonds is 2. The fraction of sp³-hybridized carbons (Fsp3) is 0.667. The van der Waals surface area contributed by atoms with Crippen LogP contribution in [-0.2, 0) is 6.18 Å². The van der Waals surface area contributed by atoms with Gasteiger partial charge in [-0.15, -0.1) is 0 Å². The average Bonchev–Trinajstić information content (AvgIpc) is 3.07. The molecule has 2 aliphatic rings. The number of carboxylic acid groups (broad SMARTS) is 1. The quantitative estimate of drug-likeness (QED) is 0.851. The molecule has 2 heterocycles. The van der Waals surface area contributed by atoms with Gasteiger partial charge in [-0.05, 0) is 51.7 Å². The molecule has 3 rings (SSSR count). The minimum atomic E-state index is -4.40. The molecule has 5 nitrogen and oxygen atoms in total. The largest absolute Gasteiger partial charge is 0.465 e. The fourth-order valence-corrected chi connectivity index (χ4v) is 4.41. The molecule has 1 aromatic rings. The van der Waals surface area contributed by atoms with Gasteiger partial charge in [-0.1, -0.05) is 0 Å². The van der Waals surface area contributed by atoms with Crippen LogP contribution < -0.4 is 4.90 Å². The molecule has 1 N–H and O–H groups in total. The first-order chi connectivity index (χ1) is 12.0. The smallest absolute Gasteiger partial charge is 0.417 e. The summed E-state index contributed by atoms with van der Waals surface area (Å²) < 4.78 is 38.1. The maximum Gasteiger partial charge on any atom is 0.417 e. The number of carbonyl (C=O) groups is 1. The number of anilines is 1. The van der Waals surface area contributed by atoms with Crippen molar-refractivity contribution in [2.24, 2.45) is 11.8 Å². The minimum Gasteiger partial charge on any atom is -0.465 e. The highest BCUT2D eigenvalue weighted by atomic mass is 19.4. The molecule has 1 aliphatic heterocycles. The second kappa shape index (κ2) is 6.32. The highest BCUT2D eigenvalue weighted by Gasteiger charge is 2.48. The molecule has 0 aromatic carbocycles. The molecular formula is C18H24F3N3O2. The van der Waals surface area contributed by atoms with Crippen molar-refractivity contribution in [3.63, 3.8) is 0 Å². The van der Waals surface area contributed by atoms with Crippen LogP contribution in [0.15, 0.2) is 18.3 Å². The topological polar surface area (TPSA) is 56.7 Å². The summed E-state index contributed by atoms with van der Waals surface area (Å²) in [5.41, 5.74) is -1.26. The van der Waals surface area contributed by atoms with E-state index in [1.807, 2.05) is 25.7 Å². The zero-order chi connectivity index (χ0) is 19.3. The van der Waals surface area contributed by atoms with Crippen LogP contribution in [0.1, 0.15) is 39.2 Å². The summed E-state index contributed by atoms with van der Waals surface area (Å²) in [6.45, 7) is 6.99. The molecular weight excluding hydrogens is 347 g/mol. The van der Waals surface area contributed by atoms with Gasteiger partial charge >= 0.3 is 12.3 Å². The van der Waals surface area contributed by atoms with Gasteiger partial charge in [-0.25, -0.2) is 9.78 Å². The number of fused-ring (bicyclic) bond motifs is 1. The van der Waals surface area contributed by atoms with Crippen molar-refractivity contribution in [3.05, 3.63) is 23.9 Å². The second-order valence-electron chi connectivity index (χ2n) is 8.20. The lowest BCUT2D eigenvalue weighted by molar-refractivity contribution is -0.137. The van der Waals surface area contributed by atoms with E-state index < -0.39 is 23.4 Å². The number of amides is 1. The second-order valence-corrected chi connectivity index (χ2v) is 8.20. The van der Waals surface area contributed by atoms with E-state index in [2.05, 4.69) is 4.98 Å². The Hall–Kier alpha value is -1.99. The van der Waals surface area contributed by atoms with Crippen molar-refractivity contribution in [1.29, 1.82) is 0 Å². The van der Waals surface area contributed by atoms with Crippen LogP contribution in [0.25, 0.3) is 0 Å². The normalized spacial score (nSPS) is 26.1. The summed E-state index contributed by atoms with van der Waals surface area (Å²) >= 11 is 0. The number of hydrogen-bond donors (Lipinski definition) is 1. The number of alkyl halides is 3. The van der Waals surface area contributed by atoms with Crippen molar-refractivity contribution < 1.29 is 23.1 Å². The minimum absolute atomic E-state index is 0.0723. The van der Waals surface area contributed by atoms with Crippen molar-refractivity contribution in [2.75, 3.05) is 18.0 Å². The maximum atomic E-state index is 12.7. The summed E-state index contributed by atoms with van der Waals surface area (Å²) in [7, 11) is 0. The van der Waals surface area contributed by atoms with Crippen molar-refractivity contribution in [1.82, 2.24) is 9.88 Å². The van der Waals surface area contributed by atoms with Gasteiger partial charge in [0.1, 0.15) is 5.82 Å². The van der Waals surface area contributed by atoms with E-state index in [9.17, 15) is 23.1 Å². The monoisotopic (exact) mass is 371 g/mol. The molecule has 1 amide bonds. The Balaban J connectivity index is 1.76. The first-order valence-electron chi connectivity index (χ1n) is 8.79. The summed E-state index contributed by atoms with van der Waals surface area (Å²) in [5.74, 6) is 1.03. The zero-order valence-corrected chi connectivity index (χ0v) is 15.1. The van der Waals surface area contributed by atoms with E-state index in [4.69, 9.17) is 0 Å². The lowest BCUT2D eigenvalue weighted by atomic mass is 9.93. The Labute approximate surface area is 150 Å². The van der Waals surface area contributed by atoms with Gasteiger partial charge in [0, 0.05) is 36.8 Å². The molecule has 8 heteroatoms. The van der Waals surface area contributed by atoms with Crippen molar-refractivity contribution in [3.8, 4) is 0 Å². The van der Waals surface area contributed by atoms with Crippen LogP contribution in [0.2, 0.25) is 0 Å². The molecule has 0 radical (unpaired) electrons. The molecule has 0 bridgehead atoms. The number of nitrogens with zero attached hydrogens (tertiary/aromatic N) is 3. The van der Waals surface area contributed by atoms with E-state index >= 15 is 0 Å². The number of halogens is 3. The van der Waals surface area contributed by atoms with Gasteiger partial charge in [0.2, 0.25) is 0 Å². The highest BCUT2D eigenvalue weighted by Crippen LogP contribution is 2.43. The first-order valence-corrected chi connectivity index (χ1v) is 8.79. The number of hydrogen-bond acceptors (Lipinski definition) is 3.